The summed E-state index contributed by atoms with van der Waals surface area (Å²) in [7, 11) is 1.69. The van der Waals surface area contributed by atoms with E-state index in [0.29, 0.717) is 30.2 Å². The number of aromatic hydroxyl groups is 1. The number of nitrogens with zero attached hydrogens (tertiary/aromatic N) is 1. The normalized spacial score (nSPS) is 16.0. The van der Waals surface area contributed by atoms with E-state index in [4.69, 9.17) is 9.47 Å². The Morgan fingerprint density at radius 2 is 2.00 bits per heavy atom. The number of hydrogen-bond donors (Lipinski definition) is 1. The SMILES string of the molecule is Cc1ccc(O)c(C(=O)N(C)C[C@@H]2COc3ccccc3O2)c1. The third-order valence-corrected chi connectivity index (χ3v) is 3.77. The lowest BCUT2D eigenvalue weighted by molar-refractivity contribution is 0.0519. The smallest absolute Gasteiger partial charge is 0.257 e. The van der Waals surface area contributed by atoms with Crippen molar-refractivity contribution in [2.24, 2.45) is 0 Å². The first-order chi connectivity index (χ1) is 11.0. The summed E-state index contributed by atoms with van der Waals surface area (Å²) < 4.78 is 11.5. The molecule has 0 aromatic heterocycles. The number of benzene rings is 2. The summed E-state index contributed by atoms with van der Waals surface area (Å²) >= 11 is 0. The molecule has 3 rings (SSSR count). The molecule has 1 atom stereocenters. The number of carbonyl (C=O) groups is 1. The summed E-state index contributed by atoms with van der Waals surface area (Å²) in [5, 5.41) is 9.89. The first-order valence-corrected chi connectivity index (χ1v) is 7.48. The Kier molecular flexibility index (Phi) is 4.10. The molecule has 5 nitrogen and oxygen atoms in total. The summed E-state index contributed by atoms with van der Waals surface area (Å²) in [6.45, 7) is 2.64. The maximum Gasteiger partial charge on any atom is 0.257 e. The molecule has 0 spiro atoms. The molecule has 0 radical (unpaired) electrons. The zero-order valence-corrected chi connectivity index (χ0v) is 13.2. The zero-order chi connectivity index (χ0) is 16.4. The van der Waals surface area contributed by atoms with E-state index >= 15 is 0 Å². The van der Waals surface area contributed by atoms with Crippen molar-refractivity contribution in [1.29, 1.82) is 0 Å². The maximum atomic E-state index is 12.5. The highest BCUT2D eigenvalue weighted by molar-refractivity contribution is 5.96. The van der Waals surface area contributed by atoms with Crippen LogP contribution in [0.1, 0.15) is 15.9 Å². The number of aryl methyl sites for hydroxylation is 1. The molecular formula is C18H19NO4. The van der Waals surface area contributed by atoms with Crippen LogP contribution in [-0.4, -0.2) is 42.2 Å². The van der Waals surface area contributed by atoms with Gasteiger partial charge in [0.15, 0.2) is 17.6 Å². The summed E-state index contributed by atoms with van der Waals surface area (Å²) in [5.41, 5.74) is 1.22. The molecule has 1 N–H and O–H groups in total. The fourth-order valence-corrected chi connectivity index (χ4v) is 2.57. The van der Waals surface area contributed by atoms with Crippen LogP contribution in [-0.2, 0) is 0 Å². The molecule has 1 heterocycles. The Bertz CT molecular complexity index is 729. The van der Waals surface area contributed by atoms with Crippen LogP contribution in [0.4, 0.5) is 0 Å². The monoisotopic (exact) mass is 313 g/mol. The highest BCUT2D eigenvalue weighted by Crippen LogP contribution is 2.31. The van der Waals surface area contributed by atoms with Gasteiger partial charge in [0, 0.05) is 7.05 Å². The van der Waals surface area contributed by atoms with Gasteiger partial charge in [-0.2, -0.15) is 0 Å². The van der Waals surface area contributed by atoms with Crippen LogP contribution < -0.4 is 9.47 Å². The summed E-state index contributed by atoms with van der Waals surface area (Å²) in [6.07, 6.45) is -0.245. The molecule has 1 aliphatic heterocycles. The van der Waals surface area contributed by atoms with Gasteiger partial charge in [-0.3, -0.25) is 4.79 Å². The Morgan fingerprint density at radius 3 is 2.78 bits per heavy atom. The average molecular weight is 313 g/mol. The number of carbonyl (C=O) groups excluding carboxylic acids is 1. The van der Waals surface area contributed by atoms with E-state index in [0.717, 1.165) is 5.56 Å². The van der Waals surface area contributed by atoms with Crippen molar-refractivity contribution in [3.63, 3.8) is 0 Å². The van der Waals surface area contributed by atoms with Gasteiger partial charge in [0.2, 0.25) is 0 Å². The summed E-state index contributed by atoms with van der Waals surface area (Å²) in [5.74, 6) is 1.14. The number of para-hydroxylation sites is 2. The molecule has 0 unspecified atom stereocenters. The van der Waals surface area contributed by atoms with Crippen LogP contribution in [0.15, 0.2) is 42.5 Å². The van der Waals surface area contributed by atoms with Gasteiger partial charge in [-0.1, -0.05) is 23.8 Å². The molecule has 1 aliphatic rings. The fraction of sp³-hybridized carbons (Fsp3) is 0.278. The second-order valence-corrected chi connectivity index (χ2v) is 5.70. The van der Waals surface area contributed by atoms with Gasteiger partial charge in [-0.15, -0.1) is 0 Å². The van der Waals surface area contributed by atoms with E-state index in [1.165, 1.54) is 11.0 Å². The van der Waals surface area contributed by atoms with Crippen molar-refractivity contribution >= 4 is 5.91 Å². The molecule has 23 heavy (non-hydrogen) atoms. The minimum Gasteiger partial charge on any atom is -0.507 e. The first kappa shape index (κ1) is 15.2. The van der Waals surface area contributed by atoms with Gasteiger partial charge in [0.05, 0.1) is 12.1 Å². The third-order valence-electron chi connectivity index (χ3n) is 3.77. The number of phenols is 1. The third kappa shape index (κ3) is 3.23. The minimum absolute atomic E-state index is 0.0152. The van der Waals surface area contributed by atoms with E-state index in [2.05, 4.69) is 0 Å². The van der Waals surface area contributed by atoms with Crippen LogP contribution in [0.25, 0.3) is 0 Å². The Morgan fingerprint density at radius 1 is 1.26 bits per heavy atom. The van der Waals surface area contributed by atoms with E-state index in [9.17, 15) is 9.90 Å². The van der Waals surface area contributed by atoms with Crippen LogP contribution in [0, 0.1) is 6.92 Å². The number of ether oxygens (including phenoxy) is 2. The van der Waals surface area contributed by atoms with E-state index in [1.54, 1.807) is 19.2 Å². The molecule has 0 saturated carbocycles. The second-order valence-electron chi connectivity index (χ2n) is 5.70. The van der Waals surface area contributed by atoms with Crippen molar-refractivity contribution in [1.82, 2.24) is 4.90 Å². The second kappa shape index (κ2) is 6.20. The molecule has 0 aliphatic carbocycles. The van der Waals surface area contributed by atoms with Crippen LogP contribution in [0.3, 0.4) is 0 Å². The van der Waals surface area contributed by atoms with Crippen molar-refractivity contribution in [3.05, 3.63) is 53.6 Å². The van der Waals surface area contributed by atoms with E-state index < -0.39 is 0 Å². The lowest BCUT2D eigenvalue weighted by Gasteiger charge is -2.29. The molecule has 120 valence electrons. The van der Waals surface area contributed by atoms with Crippen LogP contribution in [0.2, 0.25) is 0 Å². The molecule has 0 saturated heterocycles. The average Bonchev–Trinajstić information content (AvgIpc) is 2.56. The summed E-state index contributed by atoms with van der Waals surface area (Å²) in [4.78, 5) is 14.0. The molecule has 2 aromatic rings. The Balaban J connectivity index is 1.69. The van der Waals surface area contributed by atoms with Gasteiger partial charge < -0.3 is 19.5 Å². The summed E-state index contributed by atoms with van der Waals surface area (Å²) in [6, 6.07) is 12.4. The van der Waals surface area contributed by atoms with Crippen LogP contribution in [0.5, 0.6) is 17.2 Å². The van der Waals surface area contributed by atoms with Gasteiger partial charge in [0.25, 0.3) is 5.91 Å². The lowest BCUT2D eigenvalue weighted by Crippen LogP contribution is -2.41. The minimum atomic E-state index is -0.245. The number of likely N-dealkylation sites (N-methyl/N-ethyl adjacent to an activating group) is 1. The fourth-order valence-electron chi connectivity index (χ4n) is 2.57. The van der Waals surface area contributed by atoms with E-state index in [-0.39, 0.29) is 17.8 Å². The maximum absolute atomic E-state index is 12.5. The van der Waals surface area contributed by atoms with Gasteiger partial charge in [-0.05, 0) is 31.2 Å². The number of fused-ring (bicyclic) bond motifs is 1. The van der Waals surface area contributed by atoms with E-state index in [1.807, 2.05) is 31.2 Å². The number of phenolic OH excluding ortho intramolecular Hbond substituents is 1. The number of amides is 1. The Labute approximate surface area is 135 Å². The van der Waals surface area contributed by atoms with Crippen molar-refractivity contribution < 1.29 is 19.4 Å². The highest BCUT2D eigenvalue weighted by atomic mass is 16.6. The molecular weight excluding hydrogens is 294 g/mol. The largest absolute Gasteiger partial charge is 0.507 e. The lowest BCUT2D eigenvalue weighted by atomic mass is 10.1. The van der Waals surface area contributed by atoms with Crippen molar-refractivity contribution in [3.8, 4) is 17.2 Å². The van der Waals surface area contributed by atoms with Gasteiger partial charge in [0.1, 0.15) is 12.4 Å². The molecule has 1 amide bonds. The number of hydrogen-bond acceptors (Lipinski definition) is 4. The number of rotatable bonds is 3. The molecule has 0 bridgehead atoms. The van der Waals surface area contributed by atoms with Crippen molar-refractivity contribution in [2.45, 2.75) is 13.0 Å². The van der Waals surface area contributed by atoms with Gasteiger partial charge in [-0.25, -0.2) is 0 Å². The zero-order valence-electron chi connectivity index (χ0n) is 13.2. The molecule has 0 fully saturated rings. The van der Waals surface area contributed by atoms with Crippen LogP contribution >= 0.6 is 0 Å². The van der Waals surface area contributed by atoms with Crippen molar-refractivity contribution in [2.75, 3.05) is 20.2 Å². The Hall–Kier alpha value is -2.69. The highest BCUT2D eigenvalue weighted by Gasteiger charge is 2.25. The predicted molar refractivity (Wildman–Crippen MR) is 86.2 cm³/mol. The standard InChI is InChI=1S/C18H19NO4/c1-12-7-8-15(20)14(9-12)18(21)19(2)10-13-11-22-16-5-3-4-6-17(16)23-13/h3-9,13,20H,10-11H2,1-2H3/t13-/m1/s1. The quantitative estimate of drug-likeness (QED) is 0.946. The molecule has 5 heteroatoms. The first-order valence-electron chi connectivity index (χ1n) is 7.48. The van der Waals surface area contributed by atoms with Gasteiger partial charge >= 0.3 is 0 Å². The topological polar surface area (TPSA) is 59.0 Å². The molecule has 2 aromatic carbocycles. The predicted octanol–water partition coefficient (Wildman–Crippen LogP) is 2.61.